The van der Waals surface area contributed by atoms with Crippen LogP contribution < -0.4 is 0 Å². The SMILES string of the molecule is C=C(CCCOC=CC=CC)C(=O)O. The molecular formula is C11H16O3. The Morgan fingerprint density at radius 2 is 2.21 bits per heavy atom. The van der Waals surface area contributed by atoms with Gasteiger partial charge in [-0.05, 0) is 25.8 Å². The van der Waals surface area contributed by atoms with Crippen molar-refractivity contribution in [3.8, 4) is 0 Å². The Morgan fingerprint density at radius 3 is 2.79 bits per heavy atom. The molecule has 3 nitrogen and oxygen atoms in total. The van der Waals surface area contributed by atoms with Crippen molar-refractivity contribution in [3.05, 3.63) is 36.6 Å². The van der Waals surface area contributed by atoms with Crippen LogP contribution in [0.25, 0.3) is 0 Å². The number of hydrogen-bond donors (Lipinski definition) is 1. The molecule has 0 aliphatic rings. The van der Waals surface area contributed by atoms with Crippen LogP contribution in [0.4, 0.5) is 0 Å². The summed E-state index contributed by atoms with van der Waals surface area (Å²) < 4.78 is 5.10. The topological polar surface area (TPSA) is 46.5 Å². The summed E-state index contributed by atoms with van der Waals surface area (Å²) in [5.74, 6) is -0.936. The van der Waals surface area contributed by atoms with E-state index in [0.29, 0.717) is 19.4 Å². The van der Waals surface area contributed by atoms with Crippen molar-refractivity contribution in [1.29, 1.82) is 0 Å². The van der Waals surface area contributed by atoms with E-state index in [9.17, 15) is 4.79 Å². The van der Waals surface area contributed by atoms with Gasteiger partial charge in [0.25, 0.3) is 0 Å². The van der Waals surface area contributed by atoms with Crippen LogP contribution in [0, 0.1) is 0 Å². The van der Waals surface area contributed by atoms with Crippen LogP contribution in [-0.2, 0) is 9.53 Å². The maximum atomic E-state index is 10.3. The van der Waals surface area contributed by atoms with Crippen molar-refractivity contribution >= 4 is 5.97 Å². The number of rotatable bonds is 7. The predicted molar refractivity (Wildman–Crippen MR) is 55.9 cm³/mol. The lowest BCUT2D eigenvalue weighted by Gasteiger charge is -2.00. The van der Waals surface area contributed by atoms with Gasteiger partial charge >= 0.3 is 5.97 Å². The first-order valence-corrected chi connectivity index (χ1v) is 4.49. The van der Waals surface area contributed by atoms with E-state index in [1.165, 1.54) is 0 Å². The van der Waals surface area contributed by atoms with Crippen molar-refractivity contribution in [2.45, 2.75) is 19.8 Å². The Morgan fingerprint density at radius 1 is 1.50 bits per heavy atom. The fourth-order valence-corrected chi connectivity index (χ4v) is 0.756. The molecule has 14 heavy (non-hydrogen) atoms. The molecule has 0 spiro atoms. The Kier molecular flexibility index (Phi) is 7.23. The van der Waals surface area contributed by atoms with Crippen molar-refractivity contribution < 1.29 is 14.6 Å². The van der Waals surface area contributed by atoms with Gasteiger partial charge in [-0.2, -0.15) is 0 Å². The molecule has 0 unspecified atom stereocenters. The molecule has 0 aliphatic heterocycles. The van der Waals surface area contributed by atoms with Gasteiger partial charge in [-0.3, -0.25) is 0 Å². The zero-order chi connectivity index (χ0) is 10.8. The molecule has 0 amide bonds. The standard InChI is InChI=1S/C11H16O3/c1-3-4-5-8-14-9-6-7-10(2)11(12)13/h3-5,8H,2,6-7,9H2,1H3,(H,12,13). The Hall–Kier alpha value is -1.51. The summed E-state index contributed by atoms with van der Waals surface area (Å²) in [6, 6.07) is 0. The molecule has 0 aliphatic carbocycles. The minimum absolute atomic E-state index is 0.228. The highest BCUT2D eigenvalue weighted by Gasteiger charge is 2.01. The Balaban J connectivity index is 3.38. The molecule has 0 bridgehead atoms. The van der Waals surface area contributed by atoms with Crippen molar-refractivity contribution in [2.75, 3.05) is 6.61 Å². The van der Waals surface area contributed by atoms with Gasteiger partial charge in [0.05, 0.1) is 12.9 Å². The van der Waals surface area contributed by atoms with Gasteiger partial charge in [0.1, 0.15) is 0 Å². The zero-order valence-corrected chi connectivity index (χ0v) is 8.40. The molecule has 0 atom stereocenters. The van der Waals surface area contributed by atoms with Gasteiger partial charge < -0.3 is 9.84 Å². The van der Waals surface area contributed by atoms with Gasteiger partial charge in [-0.1, -0.05) is 18.7 Å². The number of carboxylic acids is 1. The molecule has 0 aromatic heterocycles. The number of aliphatic carboxylic acids is 1. The average Bonchev–Trinajstić information content (AvgIpc) is 2.16. The lowest BCUT2D eigenvalue weighted by atomic mass is 10.2. The highest BCUT2D eigenvalue weighted by Crippen LogP contribution is 2.02. The molecule has 3 heteroatoms. The number of carboxylic acid groups (broad SMARTS) is 1. The maximum Gasteiger partial charge on any atom is 0.330 e. The molecule has 0 fully saturated rings. The first kappa shape index (κ1) is 12.5. The molecule has 0 saturated carbocycles. The van der Waals surface area contributed by atoms with Crippen LogP contribution in [0.3, 0.4) is 0 Å². The highest BCUT2D eigenvalue weighted by atomic mass is 16.5. The second-order valence-corrected chi connectivity index (χ2v) is 2.74. The van der Waals surface area contributed by atoms with E-state index in [0.717, 1.165) is 0 Å². The van der Waals surface area contributed by atoms with Crippen LogP contribution in [0.2, 0.25) is 0 Å². The fraction of sp³-hybridized carbons (Fsp3) is 0.364. The van der Waals surface area contributed by atoms with Gasteiger partial charge in [-0.25, -0.2) is 4.79 Å². The van der Waals surface area contributed by atoms with Crippen LogP contribution >= 0.6 is 0 Å². The van der Waals surface area contributed by atoms with Gasteiger partial charge in [0.2, 0.25) is 0 Å². The molecular weight excluding hydrogens is 180 g/mol. The second kappa shape index (κ2) is 8.10. The van der Waals surface area contributed by atoms with E-state index >= 15 is 0 Å². The summed E-state index contributed by atoms with van der Waals surface area (Å²) in [6.45, 7) is 5.85. The quantitative estimate of drug-likeness (QED) is 0.294. The molecule has 78 valence electrons. The van der Waals surface area contributed by atoms with Gasteiger partial charge in [0, 0.05) is 5.57 Å². The van der Waals surface area contributed by atoms with Crippen LogP contribution in [0.1, 0.15) is 19.8 Å². The molecule has 0 rings (SSSR count). The number of carbonyl (C=O) groups is 1. The smallest absolute Gasteiger partial charge is 0.330 e. The Labute approximate surface area is 84.4 Å². The highest BCUT2D eigenvalue weighted by molar-refractivity contribution is 5.85. The summed E-state index contributed by atoms with van der Waals surface area (Å²) in [5.41, 5.74) is 0.228. The summed E-state index contributed by atoms with van der Waals surface area (Å²) in [5, 5.41) is 8.49. The van der Waals surface area contributed by atoms with E-state index in [2.05, 4.69) is 6.58 Å². The molecule has 0 aromatic carbocycles. The van der Waals surface area contributed by atoms with Crippen molar-refractivity contribution in [2.24, 2.45) is 0 Å². The van der Waals surface area contributed by atoms with Gasteiger partial charge in [0.15, 0.2) is 0 Å². The van der Waals surface area contributed by atoms with E-state index in [1.54, 1.807) is 12.3 Å². The Bertz CT molecular complexity index is 239. The number of allylic oxidation sites excluding steroid dienone is 3. The summed E-state index contributed by atoms with van der Waals surface area (Å²) >= 11 is 0. The monoisotopic (exact) mass is 196 g/mol. The minimum Gasteiger partial charge on any atom is -0.501 e. The third-order valence-corrected chi connectivity index (χ3v) is 1.52. The maximum absolute atomic E-state index is 10.3. The largest absolute Gasteiger partial charge is 0.501 e. The third-order valence-electron chi connectivity index (χ3n) is 1.52. The lowest BCUT2D eigenvalue weighted by molar-refractivity contribution is -0.132. The second-order valence-electron chi connectivity index (χ2n) is 2.74. The van der Waals surface area contributed by atoms with Crippen LogP contribution in [-0.4, -0.2) is 17.7 Å². The first-order valence-electron chi connectivity index (χ1n) is 4.49. The van der Waals surface area contributed by atoms with Gasteiger partial charge in [-0.15, -0.1) is 0 Å². The first-order chi connectivity index (χ1) is 6.68. The normalized spacial score (nSPS) is 10.9. The van der Waals surface area contributed by atoms with Crippen LogP contribution in [0.5, 0.6) is 0 Å². The minimum atomic E-state index is -0.936. The molecule has 0 radical (unpaired) electrons. The fourth-order valence-electron chi connectivity index (χ4n) is 0.756. The molecule has 1 N–H and O–H groups in total. The third kappa shape index (κ3) is 7.16. The average molecular weight is 196 g/mol. The van der Waals surface area contributed by atoms with Crippen molar-refractivity contribution in [1.82, 2.24) is 0 Å². The summed E-state index contributed by atoms with van der Waals surface area (Å²) in [4.78, 5) is 10.3. The number of ether oxygens (including phenoxy) is 1. The zero-order valence-electron chi connectivity index (χ0n) is 8.40. The van der Waals surface area contributed by atoms with Crippen molar-refractivity contribution in [3.63, 3.8) is 0 Å². The summed E-state index contributed by atoms with van der Waals surface area (Å²) in [6.07, 6.45) is 8.26. The predicted octanol–water partition coefficient (Wildman–Crippen LogP) is 2.51. The molecule has 0 saturated heterocycles. The number of hydrogen-bond acceptors (Lipinski definition) is 2. The van der Waals surface area contributed by atoms with Crippen LogP contribution in [0.15, 0.2) is 36.6 Å². The lowest BCUT2D eigenvalue weighted by Crippen LogP contribution is -2.00. The van der Waals surface area contributed by atoms with E-state index in [4.69, 9.17) is 9.84 Å². The van der Waals surface area contributed by atoms with E-state index in [1.807, 2.05) is 19.1 Å². The van der Waals surface area contributed by atoms with E-state index < -0.39 is 5.97 Å². The molecule has 0 aromatic rings. The van der Waals surface area contributed by atoms with E-state index in [-0.39, 0.29) is 5.57 Å². The summed E-state index contributed by atoms with van der Waals surface area (Å²) in [7, 11) is 0. The molecule has 0 heterocycles.